The minimum atomic E-state index is -0.166. The van der Waals surface area contributed by atoms with Gasteiger partial charge in [-0.25, -0.2) is 4.98 Å². The van der Waals surface area contributed by atoms with E-state index in [1.165, 1.54) is 6.20 Å². The molecule has 0 radical (unpaired) electrons. The van der Waals surface area contributed by atoms with E-state index in [-0.39, 0.29) is 18.2 Å². The molecule has 1 heterocycles. The van der Waals surface area contributed by atoms with Gasteiger partial charge < -0.3 is 15.0 Å². The number of nitrogens with one attached hydrogen (secondary N) is 1. The van der Waals surface area contributed by atoms with Gasteiger partial charge >= 0.3 is 0 Å². The fourth-order valence-electron chi connectivity index (χ4n) is 2.48. The number of methoxy groups -OCH3 is 1. The first kappa shape index (κ1) is 22.0. The molecule has 0 aliphatic heterocycles. The van der Waals surface area contributed by atoms with Crippen molar-refractivity contribution in [2.75, 3.05) is 33.4 Å². The maximum atomic E-state index is 12.7. The first-order chi connectivity index (χ1) is 12.6. The number of ether oxygens (including phenoxy) is 1. The molecule has 0 spiro atoms. The van der Waals surface area contributed by atoms with E-state index in [9.17, 15) is 9.59 Å². The Morgan fingerprint density at radius 2 is 1.92 bits per heavy atom. The molecule has 0 aliphatic carbocycles. The van der Waals surface area contributed by atoms with Crippen LogP contribution in [-0.4, -0.2) is 60.0 Å². The average molecular weight is 364 g/mol. The van der Waals surface area contributed by atoms with E-state index in [0.29, 0.717) is 31.9 Å². The smallest absolute Gasteiger partial charge is 0.274 e. The number of amides is 2. The van der Waals surface area contributed by atoms with Crippen LogP contribution in [0.5, 0.6) is 0 Å². The van der Waals surface area contributed by atoms with Gasteiger partial charge in [-0.2, -0.15) is 0 Å². The lowest BCUT2D eigenvalue weighted by molar-refractivity contribution is -0.121. The summed E-state index contributed by atoms with van der Waals surface area (Å²) in [7, 11) is 1.64. The van der Waals surface area contributed by atoms with Crippen LogP contribution >= 0.6 is 0 Å². The van der Waals surface area contributed by atoms with Gasteiger partial charge in [0.2, 0.25) is 5.91 Å². The number of hydrogen-bond acceptors (Lipinski definition) is 5. The summed E-state index contributed by atoms with van der Waals surface area (Å²) >= 11 is 0. The number of rotatable bonds is 13. The molecule has 0 fully saturated rings. The molecule has 1 aromatic rings. The highest BCUT2D eigenvalue weighted by atomic mass is 16.5. The number of nitrogens with zero attached hydrogens (tertiary/aromatic N) is 3. The van der Waals surface area contributed by atoms with Crippen molar-refractivity contribution in [3.63, 3.8) is 0 Å². The molecule has 0 atom stereocenters. The lowest BCUT2D eigenvalue weighted by Gasteiger charge is -2.22. The van der Waals surface area contributed by atoms with E-state index < -0.39 is 0 Å². The van der Waals surface area contributed by atoms with E-state index in [1.807, 2.05) is 6.92 Å². The Hall–Kier alpha value is -2.02. The molecule has 1 rings (SSSR count). The Balaban J connectivity index is 2.55. The van der Waals surface area contributed by atoms with Crippen LogP contribution in [0, 0.1) is 6.92 Å². The van der Waals surface area contributed by atoms with Gasteiger partial charge in [-0.15, -0.1) is 0 Å². The van der Waals surface area contributed by atoms with Gasteiger partial charge in [-0.05, 0) is 19.8 Å². The molecule has 0 saturated heterocycles. The standard InChI is InChI=1S/C19H32N4O3/c1-4-5-6-7-11-23(12-9-18(24)20-10-8-13-26-3)19(25)17-15-21-16(2)14-22-17/h14-15H,4-13H2,1-3H3,(H,20,24). The molecule has 1 N–H and O–H groups in total. The van der Waals surface area contributed by atoms with Crippen molar-refractivity contribution < 1.29 is 14.3 Å². The highest BCUT2D eigenvalue weighted by Gasteiger charge is 2.18. The second-order valence-electron chi connectivity index (χ2n) is 6.34. The molecule has 0 aliphatic rings. The Kier molecular flexibility index (Phi) is 11.2. The van der Waals surface area contributed by atoms with Crippen LogP contribution in [-0.2, 0) is 9.53 Å². The van der Waals surface area contributed by atoms with Gasteiger partial charge in [0.05, 0.1) is 11.9 Å². The predicted octanol–water partition coefficient (Wildman–Crippen LogP) is 2.35. The highest BCUT2D eigenvalue weighted by Crippen LogP contribution is 2.07. The number of unbranched alkanes of at least 4 members (excludes halogenated alkanes) is 3. The Bertz CT molecular complexity index is 534. The molecular formula is C19H32N4O3. The maximum Gasteiger partial charge on any atom is 0.274 e. The highest BCUT2D eigenvalue weighted by molar-refractivity contribution is 5.92. The van der Waals surface area contributed by atoms with Gasteiger partial charge in [-0.3, -0.25) is 14.6 Å². The lowest BCUT2D eigenvalue weighted by atomic mass is 10.2. The number of aromatic nitrogens is 2. The molecule has 146 valence electrons. The molecule has 26 heavy (non-hydrogen) atoms. The number of carbonyl (C=O) groups excluding carboxylic acids is 2. The molecule has 7 nitrogen and oxygen atoms in total. The lowest BCUT2D eigenvalue weighted by Crippen LogP contribution is -2.36. The fourth-order valence-corrected chi connectivity index (χ4v) is 2.48. The van der Waals surface area contributed by atoms with Crippen molar-refractivity contribution in [3.05, 3.63) is 23.8 Å². The Morgan fingerprint density at radius 3 is 2.58 bits per heavy atom. The van der Waals surface area contributed by atoms with Crippen LogP contribution in [0.2, 0.25) is 0 Å². The Morgan fingerprint density at radius 1 is 1.12 bits per heavy atom. The second-order valence-corrected chi connectivity index (χ2v) is 6.34. The summed E-state index contributed by atoms with van der Waals surface area (Å²) in [5, 5.41) is 2.85. The summed E-state index contributed by atoms with van der Waals surface area (Å²) in [6.07, 6.45) is 8.43. The van der Waals surface area contributed by atoms with Crippen LogP contribution < -0.4 is 5.32 Å². The van der Waals surface area contributed by atoms with Crippen molar-refractivity contribution in [1.82, 2.24) is 20.2 Å². The summed E-state index contributed by atoms with van der Waals surface area (Å²) in [4.78, 5) is 34.7. The van der Waals surface area contributed by atoms with Gasteiger partial charge in [0.25, 0.3) is 5.91 Å². The minimum Gasteiger partial charge on any atom is -0.385 e. The molecule has 0 saturated carbocycles. The molecular weight excluding hydrogens is 332 g/mol. The fraction of sp³-hybridized carbons (Fsp3) is 0.684. The first-order valence-electron chi connectivity index (χ1n) is 9.42. The summed E-state index contributed by atoms with van der Waals surface area (Å²) in [6.45, 7) is 6.20. The zero-order chi connectivity index (χ0) is 19.2. The molecule has 7 heteroatoms. The summed E-state index contributed by atoms with van der Waals surface area (Å²) in [5.41, 5.74) is 1.10. The molecule has 0 unspecified atom stereocenters. The van der Waals surface area contributed by atoms with Crippen LogP contribution in [0.3, 0.4) is 0 Å². The molecule has 0 bridgehead atoms. The van der Waals surface area contributed by atoms with E-state index in [2.05, 4.69) is 22.2 Å². The third-order valence-electron chi connectivity index (χ3n) is 4.03. The van der Waals surface area contributed by atoms with Gasteiger partial charge in [0.1, 0.15) is 5.69 Å². The van der Waals surface area contributed by atoms with Crippen molar-refractivity contribution in [1.29, 1.82) is 0 Å². The van der Waals surface area contributed by atoms with Gasteiger partial charge in [0.15, 0.2) is 0 Å². The number of hydrogen-bond donors (Lipinski definition) is 1. The second kappa shape index (κ2) is 13.2. The van der Waals surface area contributed by atoms with Gasteiger partial charge in [0, 0.05) is 46.0 Å². The Labute approximate surface area is 156 Å². The quantitative estimate of drug-likeness (QED) is 0.543. The average Bonchev–Trinajstić information content (AvgIpc) is 2.65. The van der Waals surface area contributed by atoms with Crippen LogP contribution in [0.4, 0.5) is 0 Å². The summed E-state index contributed by atoms with van der Waals surface area (Å²) < 4.78 is 4.96. The molecule has 0 aromatic carbocycles. The minimum absolute atomic E-state index is 0.0533. The third kappa shape index (κ3) is 8.89. The van der Waals surface area contributed by atoms with E-state index in [1.54, 1.807) is 18.2 Å². The zero-order valence-electron chi connectivity index (χ0n) is 16.3. The maximum absolute atomic E-state index is 12.7. The van der Waals surface area contributed by atoms with Crippen LogP contribution in [0.25, 0.3) is 0 Å². The first-order valence-corrected chi connectivity index (χ1v) is 9.42. The van der Waals surface area contributed by atoms with Crippen LogP contribution in [0.1, 0.15) is 61.6 Å². The summed E-state index contributed by atoms with van der Waals surface area (Å²) in [6, 6.07) is 0. The normalized spacial score (nSPS) is 10.6. The molecule has 2 amide bonds. The van der Waals surface area contributed by atoms with E-state index >= 15 is 0 Å². The van der Waals surface area contributed by atoms with Crippen LogP contribution in [0.15, 0.2) is 12.4 Å². The summed E-state index contributed by atoms with van der Waals surface area (Å²) in [5.74, 6) is -0.219. The third-order valence-corrected chi connectivity index (χ3v) is 4.03. The number of carbonyl (C=O) groups is 2. The predicted molar refractivity (Wildman–Crippen MR) is 101 cm³/mol. The zero-order valence-corrected chi connectivity index (χ0v) is 16.3. The monoisotopic (exact) mass is 364 g/mol. The SMILES string of the molecule is CCCCCCN(CCC(=O)NCCCOC)C(=O)c1cnc(C)cn1. The molecule has 1 aromatic heterocycles. The topological polar surface area (TPSA) is 84.4 Å². The van der Waals surface area contributed by atoms with Crippen molar-refractivity contribution >= 4 is 11.8 Å². The number of aryl methyl sites for hydroxylation is 1. The van der Waals surface area contributed by atoms with Crippen molar-refractivity contribution in [2.24, 2.45) is 0 Å². The van der Waals surface area contributed by atoms with Crippen molar-refractivity contribution in [2.45, 2.75) is 52.4 Å². The van der Waals surface area contributed by atoms with Crippen molar-refractivity contribution in [3.8, 4) is 0 Å². The van der Waals surface area contributed by atoms with Gasteiger partial charge in [-0.1, -0.05) is 26.2 Å². The largest absolute Gasteiger partial charge is 0.385 e. The van der Waals surface area contributed by atoms with E-state index in [0.717, 1.165) is 37.8 Å². The van der Waals surface area contributed by atoms with E-state index in [4.69, 9.17) is 4.74 Å².